The fourth-order valence-corrected chi connectivity index (χ4v) is 1.68. The van der Waals surface area contributed by atoms with Crippen LogP contribution in [0.3, 0.4) is 0 Å². The minimum atomic E-state index is -4.47. The molecule has 0 aliphatic carbocycles. The molecule has 4 N–H and O–H groups in total. The molecule has 2 atom stereocenters. The van der Waals surface area contributed by atoms with Gasteiger partial charge in [-0.05, 0) is 37.1 Å². The smallest absolute Gasteiger partial charge is 0.390 e. The van der Waals surface area contributed by atoms with Crippen molar-refractivity contribution in [1.29, 1.82) is 0 Å². The van der Waals surface area contributed by atoms with Gasteiger partial charge in [0.15, 0.2) is 0 Å². The molecule has 0 fully saturated rings. The maximum absolute atomic E-state index is 12.7. The molecule has 18 heavy (non-hydrogen) atoms. The summed E-state index contributed by atoms with van der Waals surface area (Å²) in [4.78, 5) is 0. The van der Waals surface area contributed by atoms with Gasteiger partial charge in [0, 0.05) is 0 Å². The lowest BCUT2D eigenvalue weighted by atomic mass is 9.97. The molecule has 0 radical (unpaired) electrons. The first kappa shape index (κ1) is 14.9. The maximum atomic E-state index is 12.7. The Morgan fingerprint density at radius 1 is 1.28 bits per heavy atom. The summed E-state index contributed by atoms with van der Waals surface area (Å²) >= 11 is 0. The third kappa shape index (κ3) is 3.44. The van der Waals surface area contributed by atoms with E-state index in [0.29, 0.717) is 0 Å². The highest BCUT2D eigenvalue weighted by atomic mass is 19.4. The fourth-order valence-electron chi connectivity index (χ4n) is 1.68. The van der Waals surface area contributed by atoms with Gasteiger partial charge in [0.25, 0.3) is 0 Å². The summed E-state index contributed by atoms with van der Waals surface area (Å²) in [7, 11) is 0. The molecule has 0 aromatic heterocycles. The van der Waals surface area contributed by atoms with Crippen LogP contribution in [0.5, 0.6) is 0 Å². The minimum absolute atomic E-state index is 0.0360. The third-order valence-corrected chi connectivity index (χ3v) is 2.74. The van der Waals surface area contributed by atoms with E-state index in [-0.39, 0.29) is 24.1 Å². The number of aliphatic hydroxyl groups excluding tert-OH is 2. The second-order valence-electron chi connectivity index (χ2n) is 4.16. The Morgan fingerprint density at radius 3 is 2.39 bits per heavy atom. The highest BCUT2D eigenvalue weighted by Crippen LogP contribution is 2.34. The van der Waals surface area contributed by atoms with Crippen molar-refractivity contribution in [3.63, 3.8) is 0 Å². The predicted octanol–water partition coefficient (Wildman–Crippen LogP) is 1.76. The molecule has 0 heterocycles. The number of aliphatic hydroxyl groups is 2. The Bertz CT molecular complexity index is 407. The summed E-state index contributed by atoms with van der Waals surface area (Å²) in [5.74, 6) is 0. The topological polar surface area (TPSA) is 66.5 Å². The number of rotatable bonds is 4. The van der Waals surface area contributed by atoms with Crippen molar-refractivity contribution in [2.24, 2.45) is 5.73 Å². The Kier molecular flexibility index (Phi) is 4.72. The van der Waals surface area contributed by atoms with Crippen LogP contribution in [0.4, 0.5) is 13.2 Å². The largest absolute Gasteiger partial charge is 0.416 e. The van der Waals surface area contributed by atoms with Gasteiger partial charge < -0.3 is 15.9 Å². The number of halogens is 3. The van der Waals surface area contributed by atoms with Crippen LogP contribution in [-0.2, 0) is 6.18 Å². The molecular weight excluding hydrogens is 247 g/mol. The van der Waals surface area contributed by atoms with Gasteiger partial charge in [0.1, 0.15) is 6.10 Å². The van der Waals surface area contributed by atoms with Gasteiger partial charge in [0.2, 0.25) is 0 Å². The molecule has 0 spiro atoms. The fraction of sp³-hybridized carbons (Fsp3) is 0.500. The Morgan fingerprint density at radius 2 is 1.89 bits per heavy atom. The van der Waals surface area contributed by atoms with Crippen LogP contribution in [0.15, 0.2) is 18.2 Å². The van der Waals surface area contributed by atoms with Crippen molar-refractivity contribution >= 4 is 0 Å². The second kappa shape index (κ2) is 5.69. The molecule has 0 aliphatic heterocycles. The first-order chi connectivity index (χ1) is 8.27. The van der Waals surface area contributed by atoms with Crippen molar-refractivity contribution in [2.45, 2.75) is 31.7 Å². The Balaban J connectivity index is 3.05. The highest BCUT2D eigenvalue weighted by Gasteiger charge is 2.33. The number of nitrogens with two attached hydrogens (primary N) is 1. The molecular formula is C12H16F3NO2. The molecule has 2 unspecified atom stereocenters. The zero-order valence-electron chi connectivity index (χ0n) is 9.91. The highest BCUT2D eigenvalue weighted by molar-refractivity contribution is 5.34. The summed E-state index contributed by atoms with van der Waals surface area (Å²) in [6.07, 6.45) is -6.89. The number of benzene rings is 1. The van der Waals surface area contributed by atoms with Crippen molar-refractivity contribution in [1.82, 2.24) is 0 Å². The van der Waals surface area contributed by atoms with Crippen molar-refractivity contribution < 1.29 is 23.4 Å². The Labute approximate surface area is 103 Å². The predicted molar refractivity (Wildman–Crippen MR) is 60.8 cm³/mol. The molecule has 6 heteroatoms. The van der Waals surface area contributed by atoms with Gasteiger partial charge in [-0.1, -0.05) is 12.1 Å². The van der Waals surface area contributed by atoms with E-state index in [0.717, 1.165) is 6.07 Å². The summed E-state index contributed by atoms with van der Waals surface area (Å²) in [5, 5.41) is 19.3. The lowest BCUT2D eigenvalue weighted by molar-refractivity contribution is -0.138. The van der Waals surface area contributed by atoms with Crippen LogP contribution >= 0.6 is 0 Å². The van der Waals surface area contributed by atoms with Crippen LogP contribution in [-0.4, -0.2) is 22.9 Å². The number of hydrogen-bond donors (Lipinski definition) is 3. The van der Waals surface area contributed by atoms with E-state index < -0.39 is 23.9 Å². The molecule has 0 saturated carbocycles. The van der Waals surface area contributed by atoms with Crippen LogP contribution in [0, 0.1) is 6.92 Å². The molecule has 0 aliphatic rings. The van der Waals surface area contributed by atoms with Crippen LogP contribution < -0.4 is 5.73 Å². The standard InChI is InChI=1S/C12H16F3NO2/c1-7-2-3-8(6-9(7)12(13,14)15)11(18)10(17)4-5-16/h2-3,6,10-11,17-18H,4-5,16H2,1H3. The summed E-state index contributed by atoms with van der Waals surface area (Å²) < 4.78 is 38.0. The van der Waals surface area contributed by atoms with Gasteiger partial charge in [-0.2, -0.15) is 13.2 Å². The van der Waals surface area contributed by atoms with Crippen molar-refractivity contribution in [2.75, 3.05) is 6.54 Å². The van der Waals surface area contributed by atoms with Gasteiger partial charge in [-0.3, -0.25) is 0 Å². The summed E-state index contributed by atoms with van der Waals surface area (Å²) in [6.45, 7) is 1.49. The number of hydrogen-bond acceptors (Lipinski definition) is 3. The maximum Gasteiger partial charge on any atom is 0.416 e. The van der Waals surface area contributed by atoms with Crippen LogP contribution in [0.2, 0.25) is 0 Å². The minimum Gasteiger partial charge on any atom is -0.390 e. The molecule has 0 saturated heterocycles. The van der Waals surface area contributed by atoms with Crippen LogP contribution in [0.25, 0.3) is 0 Å². The summed E-state index contributed by atoms with van der Waals surface area (Å²) in [5.41, 5.74) is 4.52. The number of aryl methyl sites for hydroxylation is 1. The van der Waals surface area contributed by atoms with Crippen LogP contribution in [0.1, 0.15) is 29.2 Å². The monoisotopic (exact) mass is 263 g/mol. The number of alkyl halides is 3. The molecule has 102 valence electrons. The van der Waals surface area contributed by atoms with E-state index in [4.69, 9.17) is 5.73 Å². The van der Waals surface area contributed by atoms with E-state index >= 15 is 0 Å². The average Bonchev–Trinajstić information content (AvgIpc) is 2.27. The average molecular weight is 263 g/mol. The first-order valence-corrected chi connectivity index (χ1v) is 5.51. The molecule has 3 nitrogen and oxygen atoms in total. The van der Waals surface area contributed by atoms with Crippen molar-refractivity contribution in [3.05, 3.63) is 34.9 Å². The van der Waals surface area contributed by atoms with Gasteiger partial charge >= 0.3 is 6.18 Å². The molecule has 0 amide bonds. The molecule has 1 aromatic carbocycles. The molecule has 1 rings (SSSR count). The molecule has 1 aromatic rings. The zero-order chi connectivity index (χ0) is 13.9. The SMILES string of the molecule is Cc1ccc(C(O)C(O)CCN)cc1C(F)(F)F. The quantitative estimate of drug-likeness (QED) is 0.775. The zero-order valence-corrected chi connectivity index (χ0v) is 9.91. The van der Waals surface area contributed by atoms with E-state index in [9.17, 15) is 23.4 Å². The van der Waals surface area contributed by atoms with E-state index in [1.165, 1.54) is 19.1 Å². The third-order valence-electron chi connectivity index (χ3n) is 2.74. The lowest BCUT2D eigenvalue weighted by Gasteiger charge is -2.19. The Hall–Kier alpha value is -1.11. The van der Waals surface area contributed by atoms with E-state index in [1.807, 2.05) is 0 Å². The van der Waals surface area contributed by atoms with Gasteiger partial charge in [0.05, 0.1) is 11.7 Å². The normalized spacial score (nSPS) is 15.5. The van der Waals surface area contributed by atoms with E-state index in [2.05, 4.69) is 0 Å². The first-order valence-electron chi connectivity index (χ1n) is 5.51. The second-order valence-corrected chi connectivity index (χ2v) is 4.16. The molecule has 0 bridgehead atoms. The van der Waals surface area contributed by atoms with E-state index in [1.54, 1.807) is 0 Å². The lowest BCUT2D eigenvalue weighted by Crippen LogP contribution is -2.22. The van der Waals surface area contributed by atoms with Crippen molar-refractivity contribution in [3.8, 4) is 0 Å². The van der Waals surface area contributed by atoms with Gasteiger partial charge in [-0.25, -0.2) is 0 Å². The summed E-state index contributed by atoms with van der Waals surface area (Å²) in [6, 6.07) is 3.51. The van der Waals surface area contributed by atoms with Gasteiger partial charge in [-0.15, -0.1) is 0 Å².